The number of rotatable bonds is 8. The number of benzene rings is 8. The van der Waals surface area contributed by atoms with Crippen LogP contribution in [-0.2, 0) is 0 Å². The Kier molecular flexibility index (Phi) is 9.23. The first kappa shape index (κ1) is 37.4. The molecule has 64 heavy (non-hydrogen) atoms. The van der Waals surface area contributed by atoms with E-state index >= 15 is 0 Å². The highest BCUT2D eigenvalue weighted by Gasteiger charge is 2.22. The Bertz CT molecular complexity index is 3600. The van der Waals surface area contributed by atoms with Crippen LogP contribution in [-0.4, -0.2) is 24.1 Å². The van der Waals surface area contributed by atoms with Gasteiger partial charge in [0.25, 0.3) is 0 Å². The van der Waals surface area contributed by atoms with Gasteiger partial charge in [-0.05, 0) is 89.2 Å². The van der Waals surface area contributed by atoms with Gasteiger partial charge in [-0.2, -0.15) is 0 Å². The molecule has 3 aromatic heterocycles. The molecule has 5 heteroatoms. The van der Waals surface area contributed by atoms with Gasteiger partial charge in [0.2, 0.25) is 0 Å². The lowest BCUT2D eigenvalue weighted by molar-refractivity contribution is 1.05. The number of nitrogens with zero attached hydrogens (tertiary/aromatic N) is 5. The highest BCUT2D eigenvalue weighted by atomic mass is 15.1. The van der Waals surface area contributed by atoms with E-state index < -0.39 is 0 Å². The lowest BCUT2D eigenvalue weighted by Crippen LogP contribution is -2.02. The first-order chi connectivity index (χ1) is 31.7. The first-order valence-corrected chi connectivity index (χ1v) is 21.9. The third-order valence-corrected chi connectivity index (χ3v) is 12.4. The number of fused-ring (bicyclic) bond motifs is 5. The van der Waals surface area contributed by atoms with E-state index in [4.69, 9.17) is 15.0 Å². The minimum Gasteiger partial charge on any atom is -0.307 e. The maximum atomic E-state index is 5.28. The molecule has 0 bridgehead atoms. The number of aromatic nitrogens is 5. The van der Waals surface area contributed by atoms with Crippen LogP contribution < -0.4 is 0 Å². The lowest BCUT2D eigenvalue weighted by atomic mass is 9.96. The Morgan fingerprint density at radius 3 is 1.64 bits per heavy atom. The SMILES string of the molecule is C1=CCCC(c2cccc(-c3nc(-c4cccc(-c5ccccc5)c4)nc(-c4cccc(-n5c6ccccc6c6ccc7cc(-c8ccccc8)n(-c8ccccc8)c7c65)c4)n3)c2)=C1. The van der Waals surface area contributed by atoms with E-state index in [1.807, 2.05) is 6.07 Å². The predicted octanol–water partition coefficient (Wildman–Crippen LogP) is 15.0. The van der Waals surface area contributed by atoms with Crippen LogP contribution in [0.25, 0.3) is 106 Å². The summed E-state index contributed by atoms with van der Waals surface area (Å²) >= 11 is 0. The van der Waals surface area contributed by atoms with Gasteiger partial charge in [-0.3, -0.25) is 0 Å². The maximum Gasteiger partial charge on any atom is 0.164 e. The molecule has 1 aliphatic rings. The van der Waals surface area contributed by atoms with Crippen LogP contribution in [0.1, 0.15) is 18.4 Å². The molecule has 11 aromatic rings. The topological polar surface area (TPSA) is 48.5 Å². The Hall–Kier alpha value is -8.41. The maximum absolute atomic E-state index is 5.28. The minimum absolute atomic E-state index is 0.613. The summed E-state index contributed by atoms with van der Waals surface area (Å²) < 4.78 is 4.85. The summed E-state index contributed by atoms with van der Waals surface area (Å²) in [5.74, 6) is 1.88. The molecule has 0 radical (unpaired) electrons. The highest BCUT2D eigenvalue weighted by Crippen LogP contribution is 2.42. The summed E-state index contributed by atoms with van der Waals surface area (Å²) in [6.07, 6.45) is 8.63. The van der Waals surface area contributed by atoms with E-state index in [1.54, 1.807) is 0 Å². The predicted molar refractivity (Wildman–Crippen MR) is 265 cm³/mol. The van der Waals surface area contributed by atoms with E-state index in [9.17, 15) is 0 Å². The van der Waals surface area contributed by atoms with E-state index in [0.717, 1.165) is 79.8 Å². The van der Waals surface area contributed by atoms with Gasteiger partial charge < -0.3 is 9.13 Å². The van der Waals surface area contributed by atoms with Crippen molar-refractivity contribution < 1.29 is 0 Å². The molecule has 0 fully saturated rings. The fraction of sp³-hybridized carbons (Fsp3) is 0.0339. The van der Waals surface area contributed by atoms with Crippen LogP contribution in [0.5, 0.6) is 0 Å². The molecular formula is C59H41N5. The summed E-state index contributed by atoms with van der Waals surface area (Å²) in [6, 6.07) is 73.3. The van der Waals surface area contributed by atoms with Gasteiger partial charge in [-0.15, -0.1) is 0 Å². The first-order valence-electron chi connectivity index (χ1n) is 21.9. The normalized spacial score (nSPS) is 12.6. The average Bonchev–Trinajstić information content (AvgIpc) is 3.94. The van der Waals surface area contributed by atoms with Gasteiger partial charge in [0.15, 0.2) is 17.5 Å². The largest absolute Gasteiger partial charge is 0.307 e. The van der Waals surface area contributed by atoms with Gasteiger partial charge in [0, 0.05) is 44.2 Å². The quantitative estimate of drug-likeness (QED) is 0.153. The Morgan fingerprint density at radius 2 is 0.938 bits per heavy atom. The molecular weight excluding hydrogens is 779 g/mol. The zero-order valence-electron chi connectivity index (χ0n) is 35.0. The van der Waals surface area contributed by atoms with E-state index in [-0.39, 0.29) is 0 Å². The van der Waals surface area contributed by atoms with Crippen molar-refractivity contribution in [1.82, 2.24) is 24.1 Å². The second-order valence-corrected chi connectivity index (χ2v) is 16.4. The molecule has 0 atom stereocenters. The summed E-state index contributed by atoms with van der Waals surface area (Å²) in [4.78, 5) is 15.8. The monoisotopic (exact) mass is 819 g/mol. The second-order valence-electron chi connectivity index (χ2n) is 16.4. The third kappa shape index (κ3) is 6.62. The van der Waals surface area contributed by atoms with Crippen LogP contribution >= 0.6 is 0 Å². The van der Waals surface area contributed by atoms with Gasteiger partial charge in [-0.1, -0.05) is 176 Å². The highest BCUT2D eigenvalue weighted by molar-refractivity contribution is 6.19. The minimum atomic E-state index is 0.613. The lowest BCUT2D eigenvalue weighted by Gasteiger charge is -2.15. The van der Waals surface area contributed by atoms with Crippen molar-refractivity contribution in [3.05, 3.63) is 230 Å². The molecule has 0 unspecified atom stereocenters. The van der Waals surface area contributed by atoms with Gasteiger partial charge in [0.05, 0.1) is 22.2 Å². The molecule has 1 aliphatic carbocycles. The van der Waals surface area contributed by atoms with Gasteiger partial charge in [-0.25, -0.2) is 15.0 Å². The smallest absolute Gasteiger partial charge is 0.164 e. The molecule has 8 aromatic carbocycles. The average molecular weight is 820 g/mol. The number of para-hydroxylation sites is 2. The summed E-state index contributed by atoms with van der Waals surface area (Å²) in [6.45, 7) is 0. The molecule has 0 saturated carbocycles. The second kappa shape index (κ2) is 15.8. The Labute approximate surface area is 371 Å². The number of allylic oxidation sites excluding steroid dienone is 4. The molecule has 0 N–H and O–H groups in total. The van der Waals surface area contributed by atoms with Crippen molar-refractivity contribution in [2.45, 2.75) is 12.8 Å². The molecule has 0 amide bonds. The van der Waals surface area contributed by atoms with E-state index in [1.165, 1.54) is 27.3 Å². The molecule has 302 valence electrons. The van der Waals surface area contributed by atoms with Crippen molar-refractivity contribution in [2.24, 2.45) is 0 Å². The standard InChI is InChI=1S/C59H41N5/c1-5-18-40(19-6-1)43-24-15-26-46(36-43)57-60-58(47-27-16-25-44(37-47)41-20-7-2-8-21-41)62-59(61-57)48-28-17-31-50(38-48)64-53-33-14-13-32-51(53)52-35-34-45-39-54(42-22-9-3-10-23-42)63(55(45)56(52)64)49-29-11-4-12-30-49/h1-7,9-20,22-39H,8,21H2. The zero-order valence-corrected chi connectivity index (χ0v) is 35.0. The summed E-state index contributed by atoms with van der Waals surface area (Å²) in [5, 5.41) is 3.55. The van der Waals surface area contributed by atoms with Crippen molar-refractivity contribution in [1.29, 1.82) is 0 Å². The third-order valence-electron chi connectivity index (χ3n) is 12.4. The zero-order chi connectivity index (χ0) is 42.4. The fourth-order valence-corrected chi connectivity index (χ4v) is 9.39. The summed E-state index contributed by atoms with van der Waals surface area (Å²) in [5.41, 5.74) is 15.4. The van der Waals surface area contributed by atoms with E-state index in [2.05, 4.69) is 228 Å². The van der Waals surface area contributed by atoms with Crippen molar-refractivity contribution in [2.75, 3.05) is 0 Å². The van der Waals surface area contributed by atoms with Crippen molar-refractivity contribution in [3.63, 3.8) is 0 Å². The summed E-state index contributed by atoms with van der Waals surface area (Å²) in [7, 11) is 0. The molecule has 3 heterocycles. The molecule has 12 rings (SSSR count). The Balaban J connectivity index is 1.08. The number of hydrogen-bond donors (Lipinski definition) is 0. The van der Waals surface area contributed by atoms with Crippen LogP contribution in [0.2, 0.25) is 0 Å². The molecule has 0 spiro atoms. The fourth-order valence-electron chi connectivity index (χ4n) is 9.39. The van der Waals surface area contributed by atoms with Crippen LogP contribution in [0.15, 0.2) is 224 Å². The molecule has 5 nitrogen and oxygen atoms in total. The van der Waals surface area contributed by atoms with Gasteiger partial charge >= 0.3 is 0 Å². The molecule has 0 saturated heterocycles. The van der Waals surface area contributed by atoms with Crippen molar-refractivity contribution >= 4 is 38.3 Å². The van der Waals surface area contributed by atoms with Gasteiger partial charge in [0.1, 0.15) is 0 Å². The van der Waals surface area contributed by atoms with Crippen LogP contribution in [0.3, 0.4) is 0 Å². The van der Waals surface area contributed by atoms with Crippen molar-refractivity contribution in [3.8, 4) is 67.9 Å². The number of hydrogen-bond acceptors (Lipinski definition) is 3. The van der Waals surface area contributed by atoms with Crippen LogP contribution in [0.4, 0.5) is 0 Å². The van der Waals surface area contributed by atoms with Crippen LogP contribution in [0, 0.1) is 0 Å². The Morgan fingerprint density at radius 1 is 0.375 bits per heavy atom. The van der Waals surface area contributed by atoms with E-state index in [0.29, 0.717) is 17.5 Å². The molecule has 0 aliphatic heterocycles.